The molecule has 0 saturated carbocycles. The van der Waals surface area contributed by atoms with Gasteiger partial charge in [-0.05, 0) is 25.3 Å². The van der Waals surface area contributed by atoms with Crippen LogP contribution in [-0.4, -0.2) is 6.29 Å². The normalized spacial score (nSPS) is 14.1. The predicted molar refractivity (Wildman–Crippen MR) is 62.4 cm³/mol. The van der Waals surface area contributed by atoms with Crippen molar-refractivity contribution in [3.63, 3.8) is 0 Å². The van der Waals surface area contributed by atoms with E-state index < -0.39 is 0 Å². The van der Waals surface area contributed by atoms with E-state index in [4.69, 9.17) is 0 Å². The molecule has 1 atom stereocenters. The lowest BCUT2D eigenvalue weighted by atomic mass is 9.92. The van der Waals surface area contributed by atoms with Gasteiger partial charge in [0.25, 0.3) is 0 Å². The fraction of sp³-hybridized carbons (Fsp3) is 0.769. The lowest BCUT2D eigenvalue weighted by molar-refractivity contribution is -0.104. The van der Waals surface area contributed by atoms with Gasteiger partial charge in [0, 0.05) is 0 Å². The maximum absolute atomic E-state index is 10.3. The molecule has 0 aliphatic rings. The Kier molecular flexibility index (Phi) is 8.61. The summed E-state index contributed by atoms with van der Waals surface area (Å²) in [5.74, 6) is 0.776. The van der Waals surface area contributed by atoms with Crippen LogP contribution in [0, 0.1) is 5.92 Å². The van der Waals surface area contributed by atoms with Crippen molar-refractivity contribution in [1.82, 2.24) is 0 Å². The van der Waals surface area contributed by atoms with Crippen molar-refractivity contribution in [3.8, 4) is 0 Å². The fourth-order valence-electron chi connectivity index (χ4n) is 1.77. The van der Waals surface area contributed by atoms with Gasteiger partial charge in [0.1, 0.15) is 6.29 Å². The molecule has 0 aliphatic heterocycles. The smallest absolute Gasteiger partial charge is 0.142 e. The van der Waals surface area contributed by atoms with Gasteiger partial charge < -0.3 is 0 Å². The molecule has 0 fully saturated rings. The van der Waals surface area contributed by atoms with E-state index in [2.05, 4.69) is 20.8 Å². The Morgan fingerprint density at radius 1 is 1.29 bits per heavy atom. The molecule has 0 aromatic rings. The van der Waals surface area contributed by atoms with Crippen LogP contribution in [0.2, 0.25) is 0 Å². The van der Waals surface area contributed by atoms with Gasteiger partial charge in [-0.1, -0.05) is 51.5 Å². The minimum atomic E-state index is 0.776. The Hall–Kier alpha value is -0.590. The Morgan fingerprint density at radius 3 is 2.50 bits per heavy atom. The van der Waals surface area contributed by atoms with E-state index in [1.54, 1.807) is 6.08 Å². The Balaban J connectivity index is 3.77. The quantitative estimate of drug-likeness (QED) is 0.324. The molecule has 0 radical (unpaired) electrons. The van der Waals surface area contributed by atoms with E-state index in [9.17, 15) is 4.79 Å². The molecule has 0 spiro atoms. The van der Waals surface area contributed by atoms with Crippen molar-refractivity contribution in [2.45, 2.75) is 59.3 Å². The molecule has 0 rings (SSSR count). The van der Waals surface area contributed by atoms with Gasteiger partial charge in [-0.3, -0.25) is 4.79 Å². The molecule has 82 valence electrons. The average Bonchev–Trinajstić information content (AvgIpc) is 2.17. The number of rotatable bonds is 8. The molecule has 14 heavy (non-hydrogen) atoms. The first-order valence-electron chi connectivity index (χ1n) is 5.85. The monoisotopic (exact) mass is 196 g/mol. The molecule has 0 bridgehead atoms. The molecule has 1 heteroatoms. The molecule has 0 heterocycles. The molecule has 0 N–H and O–H groups in total. The van der Waals surface area contributed by atoms with E-state index in [1.165, 1.54) is 37.7 Å². The predicted octanol–water partition coefficient (Wildman–Crippen LogP) is 4.13. The summed E-state index contributed by atoms with van der Waals surface area (Å²) < 4.78 is 0. The first kappa shape index (κ1) is 13.4. The molecule has 1 nitrogen and oxygen atoms in total. The van der Waals surface area contributed by atoms with Crippen LogP contribution in [0.1, 0.15) is 59.3 Å². The summed E-state index contributed by atoms with van der Waals surface area (Å²) in [6.07, 6.45) is 10.2. The minimum Gasteiger partial charge on any atom is -0.299 e. The maximum atomic E-state index is 10.3. The van der Waals surface area contributed by atoms with Crippen LogP contribution in [0.15, 0.2) is 11.6 Å². The number of allylic oxidation sites excluding steroid dienone is 2. The highest BCUT2D eigenvalue weighted by molar-refractivity contribution is 5.65. The molecule has 0 saturated heterocycles. The largest absolute Gasteiger partial charge is 0.299 e. The Morgan fingerprint density at radius 2 is 2.00 bits per heavy atom. The van der Waals surface area contributed by atoms with Crippen molar-refractivity contribution in [3.05, 3.63) is 11.6 Å². The molecule has 0 aliphatic carbocycles. The van der Waals surface area contributed by atoms with Crippen LogP contribution >= 0.6 is 0 Å². The maximum Gasteiger partial charge on any atom is 0.142 e. The van der Waals surface area contributed by atoms with Gasteiger partial charge in [0.2, 0.25) is 0 Å². The zero-order chi connectivity index (χ0) is 10.8. The Bertz CT molecular complexity index is 170. The topological polar surface area (TPSA) is 17.1 Å². The summed E-state index contributed by atoms with van der Waals surface area (Å²) in [6, 6.07) is 0. The summed E-state index contributed by atoms with van der Waals surface area (Å²) in [5.41, 5.74) is 1.23. The molecule has 0 amide bonds. The molecule has 0 aromatic carbocycles. The minimum absolute atomic E-state index is 0.776. The second kappa shape index (κ2) is 8.98. The van der Waals surface area contributed by atoms with Gasteiger partial charge in [-0.2, -0.15) is 0 Å². The van der Waals surface area contributed by atoms with Crippen LogP contribution < -0.4 is 0 Å². The van der Waals surface area contributed by atoms with Crippen molar-refractivity contribution < 1.29 is 4.79 Å². The van der Waals surface area contributed by atoms with Gasteiger partial charge in [-0.25, -0.2) is 0 Å². The summed E-state index contributed by atoms with van der Waals surface area (Å²) in [6.45, 7) is 6.53. The van der Waals surface area contributed by atoms with E-state index in [-0.39, 0.29) is 0 Å². The van der Waals surface area contributed by atoms with Crippen LogP contribution in [0.25, 0.3) is 0 Å². The zero-order valence-electron chi connectivity index (χ0n) is 9.88. The van der Waals surface area contributed by atoms with Crippen molar-refractivity contribution in [2.24, 2.45) is 5.92 Å². The number of carbonyl (C=O) groups excluding carboxylic acids is 1. The highest BCUT2D eigenvalue weighted by Gasteiger charge is 2.06. The molecular weight excluding hydrogens is 172 g/mol. The number of carbonyl (C=O) groups is 1. The third-order valence-electron chi connectivity index (χ3n) is 2.76. The first-order valence-corrected chi connectivity index (χ1v) is 5.85. The number of unbranched alkanes of at least 4 members (excludes halogenated alkanes) is 2. The lowest BCUT2D eigenvalue weighted by Crippen LogP contribution is -1.99. The first-order chi connectivity index (χ1) is 6.74. The molecular formula is C13H24O. The second-order valence-electron chi connectivity index (χ2n) is 4.12. The van der Waals surface area contributed by atoms with Crippen molar-refractivity contribution >= 4 is 6.29 Å². The summed E-state index contributed by atoms with van der Waals surface area (Å²) >= 11 is 0. The number of hydrogen-bond donors (Lipinski definition) is 0. The van der Waals surface area contributed by atoms with Crippen LogP contribution in [0.5, 0.6) is 0 Å². The summed E-state index contributed by atoms with van der Waals surface area (Å²) in [7, 11) is 0. The summed E-state index contributed by atoms with van der Waals surface area (Å²) in [5, 5.41) is 0. The third kappa shape index (κ3) is 6.88. The average molecular weight is 196 g/mol. The van der Waals surface area contributed by atoms with E-state index >= 15 is 0 Å². The van der Waals surface area contributed by atoms with Gasteiger partial charge >= 0.3 is 0 Å². The standard InChI is InChI=1S/C13H24O/c1-4-6-7-8-13(5-2)11-12(3)9-10-14/h9-10,13H,4-8,11H2,1-3H3/b12-9+. The Labute approximate surface area is 88.6 Å². The SMILES string of the molecule is CCCCCC(CC)C/C(C)=C/C=O. The van der Waals surface area contributed by atoms with E-state index in [0.717, 1.165) is 18.6 Å². The fourth-order valence-corrected chi connectivity index (χ4v) is 1.77. The van der Waals surface area contributed by atoms with Crippen molar-refractivity contribution in [1.29, 1.82) is 0 Å². The zero-order valence-corrected chi connectivity index (χ0v) is 9.88. The second-order valence-corrected chi connectivity index (χ2v) is 4.12. The highest BCUT2D eigenvalue weighted by Crippen LogP contribution is 2.21. The summed E-state index contributed by atoms with van der Waals surface area (Å²) in [4.78, 5) is 10.3. The van der Waals surface area contributed by atoms with Crippen LogP contribution in [0.3, 0.4) is 0 Å². The molecule has 0 aromatic heterocycles. The van der Waals surface area contributed by atoms with E-state index in [0.29, 0.717) is 0 Å². The van der Waals surface area contributed by atoms with Gasteiger partial charge in [0.05, 0.1) is 0 Å². The third-order valence-corrected chi connectivity index (χ3v) is 2.76. The number of aldehydes is 1. The van der Waals surface area contributed by atoms with Gasteiger partial charge in [-0.15, -0.1) is 0 Å². The van der Waals surface area contributed by atoms with Crippen LogP contribution in [0.4, 0.5) is 0 Å². The van der Waals surface area contributed by atoms with Crippen LogP contribution in [-0.2, 0) is 4.79 Å². The lowest BCUT2D eigenvalue weighted by Gasteiger charge is -2.14. The van der Waals surface area contributed by atoms with E-state index in [1.807, 2.05) is 0 Å². The highest BCUT2D eigenvalue weighted by atomic mass is 16.1. The van der Waals surface area contributed by atoms with Crippen molar-refractivity contribution in [2.75, 3.05) is 0 Å². The number of hydrogen-bond acceptors (Lipinski definition) is 1. The van der Waals surface area contributed by atoms with Gasteiger partial charge in [0.15, 0.2) is 0 Å². The molecule has 1 unspecified atom stereocenters.